The Morgan fingerprint density at radius 3 is 2.31 bits per heavy atom. The van der Waals surface area contributed by atoms with E-state index in [4.69, 9.17) is 4.42 Å². The van der Waals surface area contributed by atoms with Gasteiger partial charge in [-0.3, -0.25) is 0 Å². The molecule has 2 aromatic carbocycles. The van der Waals surface area contributed by atoms with E-state index in [-0.39, 0.29) is 20.1 Å². The third-order valence-electron chi connectivity index (χ3n) is 5.75. The second-order valence-corrected chi connectivity index (χ2v) is 15.2. The number of hydrogen-bond donors (Lipinski definition) is 0. The second-order valence-electron chi connectivity index (χ2n) is 10.1. The van der Waals surface area contributed by atoms with Gasteiger partial charge in [0.15, 0.2) is 0 Å². The summed E-state index contributed by atoms with van der Waals surface area (Å²) < 4.78 is 5.34. The number of furan rings is 1. The number of nitrogens with zero attached hydrogens (tertiary/aromatic N) is 2. The van der Waals surface area contributed by atoms with E-state index < -0.39 is 8.07 Å². The maximum atomic E-state index is 5.34. The minimum Gasteiger partial charge on any atom is -0.557 e. The van der Waals surface area contributed by atoms with Gasteiger partial charge in [0.05, 0.1) is 8.07 Å². The summed E-state index contributed by atoms with van der Waals surface area (Å²) in [5, 5.41) is 2.54. The van der Waals surface area contributed by atoms with Gasteiger partial charge in [-0.05, 0) is 35.0 Å². The van der Waals surface area contributed by atoms with Gasteiger partial charge in [0.25, 0.3) is 0 Å². The SMILES string of the molecule is CC(C)Cc1cc(-c2[c-]cccc2)ncc1[Si](C)(C)C.[Ir].[c-]1oc2ccccc2c1-c1ccccn1. The normalized spacial score (nSPS) is 11.1. The monoisotopic (exact) mass is 669 g/mol. The maximum Gasteiger partial charge on any atom is 0.0798 e. The number of aromatic nitrogens is 2. The molecule has 3 aromatic heterocycles. The third kappa shape index (κ3) is 6.88. The molecule has 5 heteroatoms. The Labute approximate surface area is 229 Å². The zero-order chi connectivity index (χ0) is 24.8. The van der Waals surface area contributed by atoms with Crippen LogP contribution in [0.15, 0.2) is 89.6 Å². The van der Waals surface area contributed by atoms with Crippen molar-refractivity contribution in [1.82, 2.24) is 9.97 Å². The topological polar surface area (TPSA) is 38.9 Å². The first-order valence-electron chi connectivity index (χ1n) is 12.1. The van der Waals surface area contributed by atoms with Gasteiger partial charge in [-0.15, -0.1) is 42.0 Å². The van der Waals surface area contributed by atoms with Crippen molar-refractivity contribution in [3.63, 3.8) is 0 Å². The van der Waals surface area contributed by atoms with Crippen molar-refractivity contribution < 1.29 is 24.5 Å². The van der Waals surface area contributed by atoms with Crippen molar-refractivity contribution >= 4 is 24.2 Å². The third-order valence-corrected chi connectivity index (χ3v) is 7.82. The van der Waals surface area contributed by atoms with Crippen molar-refractivity contribution in [2.24, 2.45) is 5.92 Å². The van der Waals surface area contributed by atoms with Crippen LogP contribution < -0.4 is 5.19 Å². The Balaban J connectivity index is 0.000000202. The van der Waals surface area contributed by atoms with Gasteiger partial charge >= 0.3 is 0 Å². The number of para-hydroxylation sites is 1. The predicted octanol–water partition coefficient (Wildman–Crippen LogP) is 7.58. The van der Waals surface area contributed by atoms with Crippen LogP contribution in [0.25, 0.3) is 33.5 Å². The Morgan fingerprint density at radius 2 is 1.64 bits per heavy atom. The summed E-state index contributed by atoms with van der Waals surface area (Å²) in [6, 6.07) is 27.3. The first-order valence-corrected chi connectivity index (χ1v) is 15.6. The summed E-state index contributed by atoms with van der Waals surface area (Å²) in [6.07, 6.45) is 7.90. The summed E-state index contributed by atoms with van der Waals surface area (Å²) in [4.78, 5) is 8.97. The van der Waals surface area contributed by atoms with Crippen LogP contribution in [0.3, 0.4) is 0 Å². The molecule has 5 aromatic rings. The average Bonchev–Trinajstić information content (AvgIpc) is 3.29. The number of rotatable bonds is 5. The van der Waals surface area contributed by atoms with Crippen LogP contribution >= 0.6 is 0 Å². The van der Waals surface area contributed by atoms with Gasteiger partial charge in [-0.2, -0.15) is 0 Å². The van der Waals surface area contributed by atoms with Crippen LogP contribution in [-0.2, 0) is 26.5 Å². The molecule has 5 rings (SSSR count). The molecule has 36 heavy (non-hydrogen) atoms. The van der Waals surface area contributed by atoms with Crippen molar-refractivity contribution in [1.29, 1.82) is 0 Å². The van der Waals surface area contributed by atoms with Crippen molar-refractivity contribution in [2.75, 3.05) is 0 Å². The molecule has 3 heterocycles. The van der Waals surface area contributed by atoms with Gasteiger partial charge in [-0.25, -0.2) is 0 Å². The number of fused-ring (bicyclic) bond motifs is 1. The fourth-order valence-corrected chi connectivity index (χ4v) is 5.69. The van der Waals surface area contributed by atoms with Gasteiger partial charge in [0.2, 0.25) is 0 Å². The van der Waals surface area contributed by atoms with E-state index >= 15 is 0 Å². The summed E-state index contributed by atoms with van der Waals surface area (Å²) in [5.74, 6) is 0.667. The second kappa shape index (κ2) is 12.4. The van der Waals surface area contributed by atoms with Gasteiger partial charge in [0, 0.05) is 44.3 Å². The Morgan fingerprint density at radius 1 is 0.889 bits per heavy atom. The fraction of sp³-hybridized carbons (Fsp3) is 0.226. The maximum absolute atomic E-state index is 5.34. The van der Waals surface area contributed by atoms with E-state index in [1.165, 1.54) is 10.8 Å². The van der Waals surface area contributed by atoms with E-state index in [2.05, 4.69) is 74.1 Å². The van der Waals surface area contributed by atoms with Crippen LogP contribution in [0.1, 0.15) is 19.4 Å². The molecule has 0 saturated heterocycles. The Bertz CT molecular complexity index is 1380. The van der Waals surface area contributed by atoms with E-state index in [0.29, 0.717) is 5.92 Å². The first-order chi connectivity index (χ1) is 16.8. The summed E-state index contributed by atoms with van der Waals surface area (Å²) in [6.45, 7) is 11.7. The molecule has 0 fully saturated rings. The average molecular weight is 669 g/mol. The zero-order valence-electron chi connectivity index (χ0n) is 21.5. The van der Waals surface area contributed by atoms with Crippen molar-refractivity contribution in [3.05, 3.63) is 103 Å². The van der Waals surface area contributed by atoms with Crippen LogP contribution in [0.2, 0.25) is 19.6 Å². The molecule has 0 aliphatic carbocycles. The van der Waals surface area contributed by atoms with Crippen molar-refractivity contribution in [3.8, 4) is 22.5 Å². The fourth-order valence-electron chi connectivity index (χ4n) is 4.11. The van der Waals surface area contributed by atoms with E-state index in [9.17, 15) is 0 Å². The van der Waals surface area contributed by atoms with Gasteiger partial charge < -0.3 is 14.4 Å². The summed E-state index contributed by atoms with van der Waals surface area (Å²) >= 11 is 0. The van der Waals surface area contributed by atoms with E-state index in [0.717, 1.165) is 39.9 Å². The van der Waals surface area contributed by atoms with Gasteiger partial charge in [0.1, 0.15) is 0 Å². The van der Waals surface area contributed by atoms with E-state index in [1.54, 1.807) is 6.20 Å². The molecule has 0 aliphatic heterocycles. The Kier molecular flexibility index (Phi) is 9.55. The molecule has 0 N–H and O–H groups in total. The smallest absolute Gasteiger partial charge is 0.0798 e. The van der Waals surface area contributed by atoms with Crippen molar-refractivity contribution in [2.45, 2.75) is 39.9 Å². The molecule has 1 radical (unpaired) electrons. The van der Waals surface area contributed by atoms with Crippen LogP contribution in [0, 0.1) is 18.2 Å². The van der Waals surface area contributed by atoms with Crippen LogP contribution in [0.4, 0.5) is 0 Å². The molecular weight excluding hydrogens is 637 g/mol. The molecule has 0 spiro atoms. The Hall–Kier alpha value is -2.85. The molecule has 3 nitrogen and oxygen atoms in total. The largest absolute Gasteiger partial charge is 0.557 e. The van der Waals surface area contributed by atoms with Crippen LogP contribution in [-0.4, -0.2) is 18.0 Å². The first kappa shape index (κ1) is 27.7. The summed E-state index contributed by atoms with van der Waals surface area (Å²) in [5.41, 5.74) is 6.26. The molecule has 0 aliphatic rings. The standard InChI is InChI=1S/C18H24NSi.C13H8NO.Ir/c1-14(2)11-16-12-17(15-9-7-6-8-10-15)19-13-18(16)20(3,4)5;1-2-7-13-10(5-1)11(9-15-13)12-6-3-4-8-14-12;/h6-9,12-14H,11H2,1-5H3;1-8H;/q2*-1;. The summed E-state index contributed by atoms with van der Waals surface area (Å²) in [7, 11) is -1.34. The molecule has 0 atom stereocenters. The van der Waals surface area contributed by atoms with Gasteiger partial charge in [-0.1, -0.05) is 86.4 Å². The minimum atomic E-state index is -1.34. The molecule has 0 unspecified atom stereocenters. The predicted molar refractivity (Wildman–Crippen MR) is 148 cm³/mol. The zero-order valence-corrected chi connectivity index (χ0v) is 24.9. The number of benzene rings is 2. The number of pyridine rings is 2. The van der Waals surface area contributed by atoms with E-state index in [1.807, 2.05) is 60.7 Å². The molecule has 0 amide bonds. The quantitative estimate of drug-likeness (QED) is 0.143. The molecule has 0 saturated carbocycles. The molecule has 187 valence electrons. The minimum absolute atomic E-state index is 0. The van der Waals surface area contributed by atoms with Crippen LogP contribution in [0.5, 0.6) is 0 Å². The molecule has 0 bridgehead atoms. The molecular formula is C31H32IrN2OSi-2. The number of hydrogen-bond acceptors (Lipinski definition) is 3.